The lowest BCUT2D eigenvalue weighted by Gasteiger charge is -2.08. The Balaban J connectivity index is 2.16. The second kappa shape index (κ2) is 4.18. The first-order chi connectivity index (χ1) is 8.78. The van der Waals surface area contributed by atoms with Crippen LogP contribution in [-0.4, -0.2) is 6.79 Å². The van der Waals surface area contributed by atoms with Gasteiger partial charge in [-0.05, 0) is 41.0 Å². The highest BCUT2D eigenvalue weighted by Gasteiger charge is 2.16. The normalized spacial score (nSPS) is 12.5. The highest BCUT2D eigenvalue weighted by molar-refractivity contribution is 5.78. The molecule has 2 aromatic rings. The SMILES string of the molecule is C=Cc1cc2c(cc1-c1ccc(F)cc1)OCO2. The summed E-state index contributed by atoms with van der Waals surface area (Å²) in [6.45, 7) is 4.02. The van der Waals surface area contributed by atoms with E-state index >= 15 is 0 Å². The lowest BCUT2D eigenvalue weighted by Crippen LogP contribution is -1.92. The minimum Gasteiger partial charge on any atom is -0.454 e. The standard InChI is InChI=1S/C15H11FO2/c1-2-10-7-14-15(18-9-17-14)8-13(10)11-3-5-12(16)6-4-11/h2-8H,1,9H2. The lowest BCUT2D eigenvalue weighted by molar-refractivity contribution is 0.174. The Hall–Kier alpha value is -2.29. The van der Waals surface area contributed by atoms with E-state index in [1.165, 1.54) is 12.1 Å². The molecule has 1 heterocycles. The van der Waals surface area contributed by atoms with Crippen LogP contribution in [0.1, 0.15) is 5.56 Å². The van der Waals surface area contributed by atoms with Crippen molar-refractivity contribution in [1.82, 2.24) is 0 Å². The Morgan fingerprint density at radius 2 is 1.72 bits per heavy atom. The minimum absolute atomic E-state index is 0.235. The zero-order chi connectivity index (χ0) is 12.5. The van der Waals surface area contributed by atoms with Crippen molar-refractivity contribution in [2.75, 3.05) is 6.79 Å². The number of hydrogen-bond donors (Lipinski definition) is 0. The lowest BCUT2D eigenvalue weighted by atomic mass is 9.99. The van der Waals surface area contributed by atoms with Crippen molar-refractivity contribution in [3.05, 3.63) is 54.4 Å². The fourth-order valence-electron chi connectivity index (χ4n) is 2.01. The van der Waals surface area contributed by atoms with Gasteiger partial charge < -0.3 is 9.47 Å². The van der Waals surface area contributed by atoms with Gasteiger partial charge in [0.1, 0.15) is 5.82 Å². The number of fused-ring (bicyclic) bond motifs is 1. The van der Waals surface area contributed by atoms with Crippen LogP contribution in [0, 0.1) is 5.82 Å². The van der Waals surface area contributed by atoms with Crippen molar-refractivity contribution in [1.29, 1.82) is 0 Å². The first-order valence-electron chi connectivity index (χ1n) is 5.60. The molecule has 0 atom stereocenters. The molecule has 1 aliphatic rings. The van der Waals surface area contributed by atoms with E-state index in [4.69, 9.17) is 9.47 Å². The molecule has 0 radical (unpaired) electrons. The summed E-state index contributed by atoms with van der Waals surface area (Å²) in [4.78, 5) is 0. The second-order valence-electron chi connectivity index (χ2n) is 4.00. The monoisotopic (exact) mass is 242 g/mol. The first kappa shape index (κ1) is 10.8. The molecule has 2 aromatic carbocycles. The van der Waals surface area contributed by atoms with Crippen molar-refractivity contribution in [3.8, 4) is 22.6 Å². The van der Waals surface area contributed by atoms with Crippen LogP contribution in [0.15, 0.2) is 43.0 Å². The zero-order valence-corrected chi connectivity index (χ0v) is 9.65. The summed E-state index contributed by atoms with van der Waals surface area (Å²) in [6.07, 6.45) is 1.75. The molecule has 0 aliphatic carbocycles. The second-order valence-corrected chi connectivity index (χ2v) is 4.00. The van der Waals surface area contributed by atoms with E-state index in [1.54, 1.807) is 18.2 Å². The Bertz CT molecular complexity index is 603. The summed E-state index contributed by atoms with van der Waals surface area (Å²) < 4.78 is 23.6. The van der Waals surface area contributed by atoms with Crippen LogP contribution in [0.4, 0.5) is 4.39 Å². The summed E-state index contributed by atoms with van der Waals surface area (Å²) in [6, 6.07) is 10.1. The topological polar surface area (TPSA) is 18.5 Å². The number of rotatable bonds is 2. The van der Waals surface area contributed by atoms with Gasteiger partial charge in [-0.15, -0.1) is 0 Å². The molecule has 90 valence electrons. The van der Waals surface area contributed by atoms with E-state index in [-0.39, 0.29) is 12.6 Å². The van der Waals surface area contributed by atoms with Crippen LogP contribution in [0.2, 0.25) is 0 Å². The fourth-order valence-corrected chi connectivity index (χ4v) is 2.01. The Labute approximate surface area is 104 Å². The molecule has 2 nitrogen and oxygen atoms in total. The smallest absolute Gasteiger partial charge is 0.231 e. The van der Waals surface area contributed by atoms with Crippen LogP contribution in [0.25, 0.3) is 17.2 Å². The molecule has 0 saturated heterocycles. The molecule has 0 bridgehead atoms. The van der Waals surface area contributed by atoms with Gasteiger partial charge in [-0.2, -0.15) is 0 Å². The third-order valence-electron chi connectivity index (χ3n) is 2.92. The molecule has 18 heavy (non-hydrogen) atoms. The van der Waals surface area contributed by atoms with Gasteiger partial charge in [0.05, 0.1) is 0 Å². The number of benzene rings is 2. The van der Waals surface area contributed by atoms with Gasteiger partial charge in [-0.25, -0.2) is 4.39 Å². The van der Waals surface area contributed by atoms with E-state index in [9.17, 15) is 4.39 Å². The maximum atomic E-state index is 12.9. The average Bonchev–Trinajstić information content (AvgIpc) is 2.85. The van der Waals surface area contributed by atoms with Crippen molar-refractivity contribution in [2.45, 2.75) is 0 Å². The van der Waals surface area contributed by atoms with E-state index in [0.29, 0.717) is 5.75 Å². The van der Waals surface area contributed by atoms with Gasteiger partial charge in [0.15, 0.2) is 11.5 Å². The zero-order valence-electron chi connectivity index (χ0n) is 9.65. The van der Waals surface area contributed by atoms with Gasteiger partial charge in [0.2, 0.25) is 6.79 Å². The van der Waals surface area contributed by atoms with E-state index in [2.05, 4.69) is 6.58 Å². The number of halogens is 1. The molecule has 0 N–H and O–H groups in total. The molecule has 0 amide bonds. The van der Waals surface area contributed by atoms with Crippen molar-refractivity contribution < 1.29 is 13.9 Å². The molecular weight excluding hydrogens is 231 g/mol. The number of hydrogen-bond acceptors (Lipinski definition) is 2. The van der Waals surface area contributed by atoms with Crippen LogP contribution in [0.3, 0.4) is 0 Å². The van der Waals surface area contributed by atoms with Crippen molar-refractivity contribution in [2.24, 2.45) is 0 Å². The molecule has 3 heteroatoms. The summed E-state index contributed by atoms with van der Waals surface area (Å²) in [5.41, 5.74) is 2.81. The number of ether oxygens (including phenoxy) is 2. The van der Waals surface area contributed by atoms with Crippen LogP contribution < -0.4 is 9.47 Å². The highest BCUT2D eigenvalue weighted by atomic mass is 19.1. The molecule has 3 rings (SSSR count). The van der Waals surface area contributed by atoms with Gasteiger partial charge in [0.25, 0.3) is 0 Å². The maximum absolute atomic E-state index is 12.9. The highest BCUT2D eigenvalue weighted by Crippen LogP contribution is 2.39. The molecule has 0 spiro atoms. The molecule has 0 fully saturated rings. The largest absolute Gasteiger partial charge is 0.454 e. The maximum Gasteiger partial charge on any atom is 0.231 e. The van der Waals surface area contributed by atoms with E-state index in [1.807, 2.05) is 12.1 Å². The average molecular weight is 242 g/mol. The van der Waals surface area contributed by atoms with Crippen molar-refractivity contribution >= 4 is 6.08 Å². The third-order valence-corrected chi connectivity index (χ3v) is 2.92. The van der Waals surface area contributed by atoms with Crippen LogP contribution in [0.5, 0.6) is 11.5 Å². The van der Waals surface area contributed by atoms with Crippen LogP contribution in [-0.2, 0) is 0 Å². The van der Waals surface area contributed by atoms with Crippen LogP contribution >= 0.6 is 0 Å². The molecular formula is C15H11FO2. The predicted molar refractivity (Wildman–Crippen MR) is 68.1 cm³/mol. The Morgan fingerprint density at radius 1 is 1.06 bits per heavy atom. The summed E-state index contributed by atoms with van der Waals surface area (Å²) in [5, 5.41) is 0. The van der Waals surface area contributed by atoms with E-state index in [0.717, 1.165) is 22.4 Å². The summed E-state index contributed by atoms with van der Waals surface area (Å²) in [7, 11) is 0. The third kappa shape index (κ3) is 1.74. The summed E-state index contributed by atoms with van der Waals surface area (Å²) >= 11 is 0. The van der Waals surface area contributed by atoms with Gasteiger partial charge in [0, 0.05) is 0 Å². The predicted octanol–water partition coefficient (Wildman–Crippen LogP) is 3.86. The van der Waals surface area contributed by atoms with E-state index < -0.39 is 0 Å². The fraction of sp³-hybridized carbons (Fsp3) is 0.0667. The quantitative estimate of drug-likeness (QED) is 0.796. The van der Waals surface area contributed by atoms with Gasteiger partial charge >= 0.3 is 0 Å². The summed E-state index contributed by atoms with van der Waals surface area (Å²) in [5.74, 6) is 1.18. The molecule has 1 aliphatic heterocycles. The van der Waals surface area contributed by atoms with Gasteiger partial charge in [-0.3, -0.25) is 0 Å². The molecule has 0 aromatic heterocycles. The Morgan fingerprint density at radius 3 is 2.39 bits per heavy atom. The van der Waals surface area contributed by atoms with Crippen molar-refractivity contribution in [3.63, 3.8) is 0 Å². The minimum atomic E-state index is -0.250. The van der Waals surface area contributed by atoms with Gasteiger partial charge in [-0.1, -0.05) is 24.8 Å². The molecule has 0 saturated carbocycles. The Kier molecular flexibility index (Phi) is 2.52. The first-order valence-corrected chi connectivity index (χ1v) is 5.60. The molecule has 0 unspecified atom stereocenters.